The minimum atomic E-state index is 0.0113. The number of rotatable bonds is 4. The summed E-state index contributed by atoms with van der Waals surface area (Å²) in [4.78, 5) is 0. The fourth-order valence-corrected chi connectivity index (χ4v) is 2.48. The number of nitrogens with one attached hydrogen (secondary N) is 1. The summed E-state index contributed by atoms with van der Waals surface area (Å²) in [6, 6.07) is 13.5. The molecule has 3 N–H and O–H groups in total. The zero-order valence-corrected chi connectivity index (χ0v) is 12.2. The molecule has 0 heterocycles. The van der Waals surface area contributed by atoms with E-state index in [0.717, 1.165) is 21.8 Å². The van der Waals surface area contributed by atoms with E-state index < -0.39 is 0 Å². The number of benzene rings is 2. The van der Waals surface area contributed by atoms with Gasteiger partial charge in [0.2, 0.25) is 0 Å². The first-order valence-electron chi connectivity index (χ1n) is 6.09. The van der Waals surface area contributed by atoms with Crippen LogP contribution in [0, 0.1) is 6.92 Å². The highest BCUT2D eigenvalue weighted by Gasteiger charge is 2.13. The van der Waals surface area contributed by atoms with Crippen LogP contribution in [0.3, 0.4) is 0 Å². The predicted octanol–water partition coefficient (Wildman–Crippen LogP) is 4.41. The van der Waals surface area contributed by atoms with Crippen LogP contribution in [0.25, 0.3) is 0 Å². The molecule has 0 saturated carbocycles. The van der Waals surface area contributed by atoms with Crippen molar-refractivity contribution in [3.8, 4) is 0 Å². The van der Waals surface area contributed by atoms with Crippen LogP contribution in [0.5, 0.6) is 0 Å². The second-order valence-corrected chi connectivity index (χ2v) is 5.26. The standard InChI is InChI=1S/C15H16Cl2N2/c1-10-8-11(16)6-7-12(10)15(9-18)19-14-5-3-2-4-13(14)17/h2-8,15,19H,9,18H2,1H3. The van der Waals surface area contributed by atoms with Crippen molar-refractivity contribution in [3.63, 3.8) is 0 Å². The molecule has 4 heteroatoms. The molecule has 0 spiro atoms. The number of aryl methyl sites for hydroxylation is 1. The monoisotopic (exact) mass is 294 g/mol. The molecule has 0 saturated heterocycles. The molecule has 0 bridgehead atoms. The lowest BCUT2D eigenvalue weighted by molar-refractivity contribution is 0.784. The van der Waals surface area contributed by atoms with Gasteiger partial charge in [0.05, 0.1) is 16.8 Å². The molecule has 1 unspecified atom stereocenters. The van der Waals surface area contributed by atoms with Crippen molar-refractivity contribution < 1.29 is 0 Å². The van der Waals surface area contributed by atoms with E-state index in [4.69, 9.17) is 28.9 Å². The van der Waals surface area contributed by atoms with Crippen LogP contribution in [0.15, 0.2) is 42.5 Å². The van der Waals surface area contributed by atoms with Gasteiger partial charge in [0.15, 0.2) is 0 Å². The van der Waals surface area contributed by atoms with E-state index in [-0.39, 0.29) is 6.04 Å². The third-order valence-corrected chi connectivity index (χ3v) is 3.61. The Kier molecular flexibility index (Phi) is 4.70. The van der Waals surface area contributed by atoms with Gasteiger partial charge in [0.25, 0.3) is 0 Å². The van der Waals surface area contributed by atoms with E-state index in [1.54, 1.807) is 0 Å². The van der Waals surface area contributed by atoms with Gasteiger partial charge in [-0.2, -0.15) is 0 Å². The van der Waals surface area contributed by atoms with Gasteiger partial charge >= 0.3 is 0 Å². The second kappa shape index (κ2) is 6.29. The maximum absolute atomic E-state index is 6.15. The summed E-state index contributed by atoms with van der Waals surface area (Å²) in [6.07, 6.45) is 0. The molecular weight excluding hydrogens is 279 g/mol. The summed E-state index contributed by atoms with van der Waals surface area (Å²) in [5, 5.41) is 4.79. The molecule has 0 aliphatic rings. The molecule has 0 aliphatic carbocycles. The Balaban J connectivity index is 2.28. The highest BCUT2D eigenvalue weighted by Crippen LogP contribution is 2.28. The number of nitrogens with two attached hydrogens (primary N) is 1. The molecule has 0 aromatic heterocycles. The lowest BCUT2D eigenvalue weighted by Crippen LogP contribution is -2.21. The van der Waals surface area contributed by atoms with Gasteiger partial charge in [-0.3, -0.25) is 0 Å². The second-order valence-electron chi connectivity index (χ2n) is 4.41. The Hall–Kier alpha value is -1.22. The van der Waals surface area contributed by atoms with Gasteiger partial charge in [-0.05, 0) is 42.3 Å². The Bertz CT molecular complexity index is 570. The Morgan fingerprint density at radius 3 is 2.53 bits per heavy atom. The van der Waals surface area contributed by atoms with Crippen molar-refractivity contribution >= 4 is 28.9 Å². The highest BCUT2D eigenvalue weighted by atomic mass is 35.5. The van der Waals surface area contributed by atoms with Gasteiger partial charge in [0, 0.05) is 11.6 Å². The minimum Gasteiger partial charge on any atom is -0.376 e. The van der Waals surface area contributed by atoms with Crippen molar-refractivity contribution in [2.24, 2.45) is 5.73 Å². The van der Waals surface area contributed by atoms with E-state index in [2.05, 4.69) is 5.32 Å². The van der Waals surface area contributed by atoms with Crippen molar-refractivity contribution in [1.82, 2.24) is 0 Å². The minimum absolute atomic E-state index is 0.0113. The summed E-state index contributed by atoms with van der Waals surface area (Å²) < 4.78 is 0. The van der Waals surface area contributed by atoms with Crippen LogP contribution in [0.2, 0.25) is 10.0 Å². The molecule has 0 fully saturated rings. The molecule has 0 amide bonds. The number of para-hydroxylation sites is 1. The number of hydrogen-bond acceptors (Lipinski definition) is 2. The van der Waals surface area contributed by atoms with Crippen LogP contribution in [-0.2, 0) is 0 Å². The van der Waals surface area contributed by atoms with Crippen molar-refractivity contribution in [2.45, 2.75) is 13.0 Å². The first-order valence-corrected chi connectivity index (χ1v) is 6.84. The van der Waals surface area contributed by atoms with Crippen LogP contribution < -0.4 is 11.1 Å². The van der Waals surface area contributed by atoms with Gasteiger partial charge < -0.3 is 11.1 Å². The summed E-state index contributed by atoms with van der Waals surface area (Å²) in [6.45, 7) is 2.51. The summed E-state index contributed by atoms with van der Waals surface area (Å²) in [5.41, 5.74) is 9.00. The van der Waals surface area contributed by atoms with Crippen molar-refractivity contribution in [2.75, 3.05) is 11.9 Å². The largest absolute Gasteiger partial charge is 0.376 e. The predicted molar refractivity (Wildman–Crippen MR) is 83.1 cm³/mol. The summed E-state index contributed by atoms with van der Waals surface area (Å²) in [5.74, 6) is 0. The molecule has 1 atom stereocenters. The van der Waals surface area contributed by atoms with Gasteiger partial charge in [-0.15, -0.1) is 0 Å². The lowest BCUT2D eigenvalue weighted by atomic mass is 10.0. The van der Waals surface area contributed by atoms with Crippen LogP contribution >= 0.6 is 23.2 Å². The lowest BCUT2D eigenvalue weighted by Gasteiger charge is -2.21. The average Bonchev–Trinajstić information content (AvgIpc) is 2.39. The van der Waals surface area contributed by atoms with Crippen LogP contribution in [-0.4, -0.2) is 6.54 Å². The molecule has 100 valence electrons. The summed E-state index contributed by atoms with van der Waals surface area (Å²) >= 11 is 12.1. The molecular formula is C15H16Cl2N2. The van der Waals surface area contributed by atoms with E-state index in [1.165, 1.54) is 0 Å². The molecule has 2 rings (SSSR count). The smallest absolute Gasteiger partial charge is 0.0639 e. The Morgan fingerprint density at radius 2 is 1.89 bits per heavy atom. The maximum Gasteiger partial charge on any atom is 0.0639 e. The zero-order valence-electron chi connectivity index (χ0n) is 10.7. The van der Waals surface area contributed by atoms with E-state index >= 15 is 0 Å². The molecule has 0 aliphatic heterocycles. The third-order valence-electron chi connectivity index (χ3n) is 3.05. The quantitative estimate of drug-likeness (QED) is 0.876. The van der Waals surface area contributed by atoms with Crippen molar-refractivity contribution in [3.05, 3.63) is 63.6 Å². The van der Waals surface area contributed by atoms with Gasteiger partial charge in [0.1, 0.15) is 0 Å². The third kappa shape index (κ3) is 3.41. The maximum atomic E-state index is 6.15. The fraction of sp³-hybridized carbons (Fsp3) is 0.200. The SMILES string of the molecule is Cc1cc(Cl)ccc1C(CN)Nc1ccccc1Cl. The fourth-order valence-electron chi connectivity index (χ4n) is 2.06. The number of halogens is 2. The van der Waals surface area contributed by atoms with E-state index in [0.29, 0.717) is 11.6 Å². The Morgan fingerprint density at radius 1 is 1.16 bits per heavy atom. The van der Waals surface area contributed by atoms with Crippen molar-refractivity contribution in [1.29, 1.82) is 0 Å². The van der Waals surface area contributed by atoms with Crippen LogP contribution in [0.1, 0.15) is 17.2 Å². The van der Waals surface area contributed by atoms with E-state index in [1.807, 2.05) is 49.4 Å². The van der Waals surface area contributed by atoms with E-state index in [9.17, 15) is 0 Å². The Labute approximate surface area is 123 Å². The highest BCUT2D eigenvalue weighted by molar-refractivity contribution is 6.33. The summed E-state index contributed by atoms with van der Waals surface area (Å²) in [7, 11) is 0. The molecule has 0 radical (unpaired) electrons. The molecule has 19 heavy (non-hydrogen) atoms. The van der Waals surface area contributed by atoms with Gasteiger partial charge in [-0.25, -0.2) is 0 Å². The first kappa shape index (κ1) is 14.2. The zero-order chi connectivity index (χ0) is 13.8. The normalized spacial score (nSPS) is 12.2. The van der Waals surface area contributed by atoms with Gasteiger partial charge in [-0.1, -0.05) is 41.4 Å². The molecule has 2 aromatic carbocycles. The van der Waals surface area contributed by atoms with Crippen LogP contribution in [0.4, 0.5) is 5.69 Å². The number of hydrogen-bond donors (Lipinski definition) is 2. The number of anilines is 1. The topological polar surface area (TPSA) is 38.0 Å². The average molecular weight is 295 g/mol. The molecule has 2 aromatic rings. The molecule has 2 nitrogen and oxygen atoms in total. The first-order chi connectivity index (χ1) is 9.11.